The maximum atomic E-state index is 11.8. The molecule has 0 aromatic heterocycles. The van der Waals surface area contributed by atoms with Crippen LogP contribution >= 0.6 is 0 Å². The van der Waals surface area contributed by atoms with Crippen LogP contribution in [0.4, 0.5) is 0 Å². The van der Waals surface area contributed by atoms with Crippen LogP contribution in [0.2, 0.25) is 0 Å². The van der Waals surface area contributed by atoms with Crippen LogP contribution in [0.25, 0.3) is 54.2 Å². The number of carboxylic acids is 4. The van der Waals surface area contributed by atoms with Gasteiger partial charge in [0, 0.05) is 0 Å². The highest BCUT2D eigenvalue weighted by Crippen LogP contribution is 2.40. The molecule has 8 nitrogen and oxygen atoms in total. The Morgan fingerprint density at radius 2 is 0.389 bits per heavy atom. The van der Waals surface area contributed by atoms with E-state index in [0.717, 1.165) is 76.5 Å². The van der Waals surface area contributed by atoms with Gasteiger partial charge in [-0.15, -0.1) is 0 Å². The molecule has 0 radical (unpaired) electrons. The fourth-order valence-electron chi connectivity index (χ4n) is 7.05. The zero-order chi connectivity index (χ0) is 37.7. The SMILES string of the molecule is O=C(O)c1ccc2cc(C(=C(c3ccc4cc(C(=O)O)ccc4c3)c3ccc4cc(C(=O)O)ccc4c3)c3ccc4cc(C(=O)O)ccc4c3)ccc2c1. The van der Waals surface area contributed by atoms with E-state index in [1.165, 1.54) is 0 Å². The molecule has 0 atom stereocenters. The normalized spacial score (nSPS) is 11.2. The van der Waals surface area contributed by atoms with Gasteiger partial charge in [-0.25, -0.2) is 19.2 Å². The molecule has 0 fully saturated rings. The first-order valence-corrected chi connectivity index (χ1v) is 16.9. The second kappa shape index (κ2) is 13.2. The molecule has 0 saturated heterocycles. The third-order valence-corrected chi connectivity index (χ3v) is 9.75. The smallest absolute Gasteiger partial charge is 0.335 e. The minimum Gasteiger partial charge on any atom is -0.478 e. The molecule has 54 heavy (non-hydrogen) atoms. The molecule has 0 aliphatic carbocycles. The lowest BCUT2D eigenvalue weighted by Crippen LogP contribution is -2.00. The van der Waals surface area contributed by atoms with E-state index in [-0.39, 0.29) is 22.3 Å². The van der Waals surface area contributed by atoms with E-state index in [2.05, 4.69) is 0 Å². The van der Waals surface area contributed by atoms with Gasteiger partial charge in [0.1, 0.15) is 0 Å². The molecule has 0 unspecified atom stereocenters. The van der Waals surface area contributed by atoms with E-state index >= 15 is 0 Å². The molecule has 4 N–H and O–H groups in total. The standard InChI is InChI=1S/C46H28O8/c47-43(48)37-13-5-25-17-33(9-1-29(25)21-37)41(34-10-2-30-22-38(44(49)50)14-6-26(30)18-34)42(35-11-3-31-23-39(45(51)52)15-7-27(31)19-35)36-12-4-32-24-40(46(53)54)16-8-28(32)20-36/h1-24H,(H,47,48)(H,49,50)(H,51,52)(H,53,54). The van der Waals surface area contributed by atoms with Crippen LogP contribution in [-0.2, 0) is 0 Å². The van der Waals surface area contributed by atoms with Gasteiger partial charge < -0.3 is 20.4 Å². The molecule has 260 valence electrons. The van der Waals surface area contributed by atoms with E-state index in [9.17, 15) is 39.6 Å². The number of carboxylic acid groups (broad SMARTS) is 4. The molecule has 0 bridgehead atoms. The first kappa shape index (κ1) is 33.6. The van der Waals surface area contributed by atoms with Crippen LogP contribution in [0.1, 0.15) is 63.7 Å². The summed E-state index contributed by atoms with van der Waals surface area (Å²) in [5, 5.41) is 44.8. The van der Waals surface area contributed by atoms with Crippen molar-refractivity contribution >= 4 is 78.1 Å². The molecule has 0 aliphatic heterocycles. The van der Waals surface area contributed by atoms with Crippen LogP contribution in [0.3, 0.4) is 0 Å². The second-order valence-electron chi connectivity index (χ2n) is 13.1. The van der Waals surface area contributed by atoms with Crippen molar-refractivity contribution in [1.29, 1.82) is 0 Å². The zero-order valence-corrected chi connectivity index (χ0v) is 28.3. The maximum Gasteiger partial charge on any atom is 0.335 e. The van der Waals surface area contributed by atoms with Crippen molar-refractivity contribution in [3.05, 3.63) is 190 Å². The average molecular weight is 709 g/mol. The number of rotatable bonds is 8. The first-order chi connectivity index (χ1) is 26.0. The third kappa shape index (κ3) is 6.18. The van der Waals surface area contributed by atoms with Gasteiger partial charge in [0.05, 0.1) is 22.3 Å². The Morgan fingerprint density at radius 3 is 0.556 bits per heavy atom. The molecule has 8 heteroatoms. The van der Waals surface area contributed by atoms with Gasteiger partial charge in [0.25, 0.3) is 0 Å². The van der Waals surface area contributed by atoms with Crippen molar-refractivity contribution in [3.63, 3.8) is 0 Å². The van der Waals surface area contributed by atoms with Gasteiger partial charge in [0.2, 0.25) is 0 Å². The zero-order valence-electron chi connectivity index (χ0n) is 28.3. The Labute approximate surface area is 307 Å². The number of hydrogen-bond acceptors (Lipinski definition) is 4. The Morgan fingerprint density at radius 1 is 0.241 bits per heavy atom. The highest BCUT2D eigenvalue weighted by atomic mass is 16.4. The minimum absolute atomic E-state index is 0.173. The fraction of sp³-hybridized carbons (Fsp3) is 0. The Bertz CT molecular complexity index is 2560. The van der Waals surface area contributed by atoms with Crippen molar-refractivity contribution in [1.82, 2.24) is 0 Å². The van der Waals surface area contributed by atoms with Crippen LogP contribution in [0, 0.1) is 0 Å². The van der Waals surface area contributed by atoms with Crippen LogP contribution in [0.15, 0.2) is 146 Å². The number of hydrogen-bond donors (Lipinski definition) is 4. The van der Waals surface area contributed by atoms with E-state index in [0.29, 0.717) is 0 Å². The Kier molecular flexibility index (Phi) is 8.20. The molecule has 8 aromatic rings. The number of benzene rings is 8. The summed E-state index contributed by atoms with van der Waals surface area (Å²) in [5.41, 5.74) is 5.64. The molecular formula is C46H28O8. The lowest BCUT2D eigenvalue weighted by Gasteiger charge is -2.20. The summed E-state index contributed by atoms with van der Waals surface area (Å²) in [7, 11) is 0. The largest absolute Gasteiger partial charge is 0.478 e. The summed E-state index contributed by atoms with van der Waals surface area (Å²) >= 11 is 0. The molecule has 0 amide bonds. The van der Waals surface area contributed by atoms with Crippen LogP contribution < -0.4 is 0 Å². The van der Waals surface area contributed by atoms with E-state index in [1.54, 1.807) is 72.8 Å². The van der Waals surface area contributed by atoms with Gasteiger partial charge in [-0.3, -0.25) is 0 Å². The van der Waals surface area contributed by atoms with Crippen molar-refractivity contribution in [2.24, 2.45) is 0 Å². The van der Waals surface area contributed by atoms with Crippen molar-refractivity contribution in [3.8, 4) is 0 Å². The van der Waals surface area contributed by atoms with Crippen molar-refractivity contribution in [2.45, 2.75) is 0 Å². The van der Waals surface area contributed by atoms with E-state index < -0.39 is 23.9 Å². The maximum absolute atomic E-state index is 11.8. The Hall–Kier alpha value is -7.58. The van der Waals surface area contributed by atoms with Gasteiger partial charge in [0.15, 0.2) is 0 Å². The van der Waals surface area contributed by atoms with E-state index in [4.69, 9.17) is 0 Å². The third-order valence-electron chi connectivity index (χ3n) is 9.75. The molecular weight excluding hydrogens is 680 g/mol. The molecule has 0 spiro atoms. The highest BCUT2D eigenvalue weighted by Gasteiger charge is 2.20. The molecule has 8 rings (SSSR count). The quantitative estimate of drug-likeness (QED) is 0.114. The predicted octanol–water partition coefficient (Wildman–Crippen LogP) is 10.1. The summed E-state index contributed by atoms with van der Waals surface area (Å²) in [6, 6.07) is 43.3. The monoisotopic (exact) mass is 708 g/mol. The second-order valence-corrected chi connectivity index (χ2v) is 13.1. The highest BCUT2D eigenvalue weighted by molar-refractivity contribution is 6.10. The fourth-order valence-corrected chi connectivity index (χ4v) is 7.05. The summed E-state index contributed by atoms with van der Waals surface area (Å²) in [6.07, 6.45) is 0. The van der Waals surface area contributed by atoms with Crippen LogP contribution in [-0.4, -0.2) is 44.3 Å². The lowest BCUT2D eigenvalue weighted by molar-refractivity contribution is 0.0686. The minimum atomic E-state index is -1.02. The van der Waals surface area contributed by atoms with Crippen LogP contribution in [0.5, 0.6) is 0 Å². The average Bonchev–Trinajstić information content (AvgIpc) is 3.18. The lowest BCUT2D eigenvalue weighted by atomic mass is 9.83. The Balaban J connectivity index is 1.46. The van der Waals surface area contributed by atoms with Crippen molar-refractivity contribution < 1.29 is 39.6 Å². The van der Waals surface area contributed by atoms with Gasteiger partial charge in [-0.2, -0.15) is 0 Å². The first-order valence-electron chi connectivity index (χ1n) is 16.9. The molecule has 8 aromatic carbocycles. The number of carbonyl (C=O) groups is 4. The van der Waals surface area contributed by atoms with Gasteiger partial charge >= 0.3 is 23.9 Å². The summed E-state index contributed by atoms with van der Waals surface area (Å²) in [6.45, 7) is 0. The molecule has 0 heterocycles. The predicted molar refractivity (Wildman–Crippen MR) is 209 cm³/mol. The molecule has 0 aliphatic rings. The van der Waals surface area contributed by atoms with E-state index in [1.807, 2.05) is 72.8 Å². The van der Waals surface area contributed by atoms with Crippen molar-refractivity contribution in [2.75, 3.05) is 0 Å². The topological polar surface area (TPSA) is 149 Å². The number of aromatic carboxylic acids is 4. The van der Waals surface area contributed by atoms with Gasteiger partial charge in [-0.05, 0) is 149 Å². The summed E-state index contributed by atoms with van der Waals surface area (Å²) in [5.74, 6) is -4.09. The molecule has 0 saturated carbocycles. The summed E-state index contributed by atoms with van der Waals surface area (Å²) < 4.78 is 0. The van der Waals surface area contributed by atoms with Gasteiger partial charge in [-0.1, -0.05) is 72.8 Å². The summed E-state index contributed by atoms with van der Waals surface area (Å²) in [4.78, 5) is 47.1. The number of fused-ring (bicyclic) bond motifs is 4.